The molecular formula is C8H4N6O2S3. The number of aromatic carboxylic acids is 1. The average molecular weight is 312 g/mol. The summed E-state index contributed by atoms with van der Waals surface area (Å²) >= 11 is 3.59. The van der Waals surface area contributed by atoms with Crippen molar-refractivity contribution in [2.45, 2.75) is 9.33 Å². The van der Waals surface area contributed by atoms with Crippen molar-refractivity contribution in [3.05, 3.63) is 27.7 Å². The first-order valence-electron chi connectivity index (χ1n) is 4.82. The molecule has 0 bridgehead atoms. The SMILES string of the molecule is O=C(O)c1cnc(SC2(c3nccs3)N=NN=N2)s1. The number of hydrogen-bond acceptors (Lipinski definition) is 10. The fourth-order valence-electron chi connectivity index (χ4n) is 1.26. The minimum absolute atomic E-state index is 0.156. The minimum Gasteiger partial charge on any atom is -0.477 e. The lowest BCUT2D eigenvalue weighted by atomic mass is 10.5. The predicted octanol–water partition coefficient (Wildman–Crippen LogP) is 3.03. The molecule has 1 aliphatic rings. The van der Waals surface area contributed by atoms with E-state index in [-0.39, 0.29) is 4.88 Å². The first kappa shape index (κ1) is 12.3. The van der Waals surface area contributed by atoms with Gasteiger partial charge in [0.25, 0.3) is 4.99 Å². The summed E-state index contributed by atoms with van der Waals surface area (Å²) in [5.74, 6) is -1.01. The summed E-state index contributed by atoms with van der Waals surface area (Å²) in [6.07, 6.45) is 2.93. The second kappa shape index (κ2) is 4.75. The summed E-state index contributed by atoms with van der Waals surface area (Å²) in [6.45, 7) is 0. The number of nitrogens with zero attached hydrogens (tertiary/aromatic N) is 6. The standard InChI is InChI=1S/C8H4N6O2S3/c15-5(16)4-3-10-7(18-4)19-8(11-13-14-12-8)6-9-1-2-17-6/h1-3H,(H,15,16). The molecule has 8 nitrogen and oxygen atoms in total. The third-order valence-corrected chi connectivity index (χ3v) is 5.24. The molecule has 0 saturated carbocycles. The Labute approximate surface area is 118 Å². The van der Waals surface area contributed by atoms with E-state index in [1.54, 1.807) is 11.6 Å². The highest BCUT2D eigenvalue weighted by Crippen LogP contribution is 2.48. The Bertz CT molecular complexity index is 652. The van der Waals surface area contributed by atoms with Gasteiger partial charge in [0, 0.05) is 11.6 Å². The lowest BCUT2D eigenvalue weighted by Gasteiger charge is -2.13. The third-order valence-electron chi connectivity index (χ3n) is 2.04. The van der Waals surface area contributed by atoms with E-state index in [1.807, 2.05) is 0 Å². The number of carboxylic acids is 1. The Hall–Kier alpha value is -1.72. The zero-order valence-electron chi connectivity index (χ0n) is 9.00. The summed E-state index contributed by atoms with van der Waals surface area (Å²) in [7, 11) is 0. The van der Waals surface area contributed by atoms with Gasteiger partial charge in [-0.05, 0) is 22.2 Å². The van der Waals surface area contributed by atoms with Gasteiger partial charge >= 0.3 is 5.97 Å². The van der Waals surface area contributed by atoms with Crippen LogP contribution in [0, 0.1) is 0 Å². The minimum atomic E-state index is -1.08. The number of carbonyl (C=O) groups is 1. The van der Waals surface area contributed by atoms with E-state index in [1.165, 1.54) is 29.3 Å². The monoisotopic (exact) mass is 312 g/mol. The molecule has 0 spiro atoms. The molecule has 3 heterocycles. The van der Waals surface area contributed by atoms with Gasteiger partial charge in [-0.15, -0.1) is 32.9 Å². The predicted molar refractivity (Wildman–Crippen MR) is 68.4 cm³/mol. The number of thiazole rings is 2. The fourth-order valence-corrected chi connectivity index (χ4v) is 4.05. The van der Waals surface area contributed by atoms with Gasteiger partial charge in [-0.1, -0.05) is 0 Å². The normalized spacial score (nSPS) is 16.0. The summed E-state index contributed by atoms with van der Waals surface area (Å²) in [4.78, 5) is 18.1. The Kier molecular flexibility index (Phi) is 3.08. The molecule has 0 amide bonds. The molecule has 0 atom stereocenters. The second-order valence-electron chi connectivity index (χ2n) is 3.22. The molecular weight excluding hydrogens is 308 g/mol. The van der Waals surface area contributed by atoms with Crippen molar-refractivity contribution >= 4 is 40.4 Å². The van der Waals surface area contributed by atoms with Gasteiger partial charge in [-0.25, -0.2) is 14.8 Å². The molecule has 0 fully saturated rings. The average Bonchev–Trinajstić information content (AvgIpc) is 3.10. The van der Waals surface area contributed by atoms with Crippen LogP contribution in [0.3, 0.4) is 0 Å². The lowest BCUT2D eigenvalue weighted by molar-refractivity contribution is 0.0702. The highest BCUT2D eigenvalue weighted by Gasteiger charge is 2.41. The van der Waals surface area contributed by atoms with Crippen LogP contribution < -0.4 is 0 Å². The van der Waals surface area contributed by atoms with E-state index in [0.29, 0.717) is 9.35 Å². The van der Waals surface area contributed by atoms with Crippen molar-refractivity contribution in [1.29, 1.82) is 0 Å². The van der Waals surface area contributed by atoms with Crippen LogP contribution in [-0.4, -0.2) is 21.0 Å². The topological polar surface area (TPSA) is 113 Å². The van der Waals surface area contributed by atoms with Crippen molar-refractivity contribution in [3.8, 4) is 0 Å². The highest BCUT2D eigenvalue weighted by molar-refractivity contribution is 8.02. The lowest BCUT2D eigenvalue weighted by Crippen LogP contribution is -2.12. The van der Waals surface area contributed by atoms with Gasteiger partial charge in [-0.3, -0.25) is 0 Å². The van der Waals surface area contributed by atoms with Crippen LogP contribution in [0.25, 0.3) is 0 Å². The smallest absolute Gasteiger partial charge is 0.347 e. The summed E-state index contributed by atoms with van der Waals surface area (Å²) in [6, 6.07) is 0. The summed E-state index contributed by atoms with van der Waals surface area (Å²) in [5.41, 5.74) is 0. The van der Waals surface area contributed by atoms with Crippen molar-refractivity contribution in [2.75, 3.05) is 0 Å². The van der Waals surface area contributed by atoms with Crippen LogP contribution in [0.5, 0.6) is 0 Å². The molecule has 0 saturated heterocycles. The Morgan fingerprint density at radius 1 is 1.32 bits per heavy atom. The second-order valence-corrected chi connectivity index (χ2v) is 6.57. The Balaban J connectivity index is 1.92. The van der Waals surface area contributed by atoms with E-state index >= 15 is 0 Å². The number of aromatic nitrogens is 2. The quantitative estimate of drug-likeness (QED) is 0.932. The highest BCUT2D eigenvalue weighted by atomic mass is 32.2. The van der Waals surface area contributed by atoms with E-state index in [0.717, 1.165) is 11.3 Å². The van der Waals surface area contributed by atoms with E-state index in [4.69, 9.17) is 5.11 Å². The van der Waals surface area contributed by atoms with Crippen LogP contribution in [0.4, 0.5) is 0 Å². The first-order valence-corrected chi connectivity index (χ1v) is 7.33. The molecule has 11 heteroatoms. The Morgan fingerprint density at radius 3 is 2.68 bits per heavy atom. The van der Waals surface area contributed by atoms with E-state index in [9.17, 15) is 4.79 Å². The number of carboxylic acid groups (broad SMARTS) is 1. The van der Waals surface area contributed by atoms with Crippen molar-refractivity contribution in [3.63, 3.8) is 0 Å². The maximum atomic E-state index is 10.8. The molecule has 0 aromatic carbocycles. The molecule has 1 aliphatic heterocycles. The molecule has 0 unspecified atom stereocenters. The van der Waals surface area contributed by atoms with Gasteiger partial charge in [0.05, 0.1) is 6.20 Å². The van der Waals surface area contributed by atoms with Crippen LogP contribution in [0.2, 0.25) is 0 Å². The van der Waals surface area contributed by atoms with Crippen LogP contribution >= 0.6 is 34.4 Å². The summed E-state index contributed by atoms with van der Waals surface area (Å²) < 4.78 is 0.521. The first-order chi connectivity index (χ1) is 9.20. The van der Waals surface area contributed by atoms with Gasteiger partial charge in [0.2, 0.25) is 0 Å². The molecule has 0 radical (unpaired) electrons. The zero-order chi connectivity index (χ0) is 13.3. The fraction of sp³-hybridized carbons (Fsp3) is 0.125. The zero-order valence-corrected chi connectivity index (χ0v) is 11.4. The van der Waals surface area contributed by atoms with Crippen LogP contribution in [0.1, 0.15) is 14.7 Å². The van der Waals surface area contributed by atoms with Gasteiger partial charge in [0.1, 0.15) is 4.88 Å². The van der Waals surface area contributed by atoms with E-state index < -0.39 is 11.0 Å². The molecule has 2 aromatic rings. The molecule has 19 heavy (non-hydrogen) atoms. The van der Waals surface area contributed by atoms with Crippen molar-refractivity contribution in [1.82, 2.24) is 9.97 Å². The third kappa shape index (κ3) is 2.27. The number of hydrogen-bond donors (Lipinski definition) is 1. The van der Waals surface area contributed by atoms with Gasteiger partial charge in [0.15, 0.2) is 9.35 Å². The van der Waals surface area contributed by atoms with E-state index in [2.05, 4.69) is 30.6 Å². The molecule has 0 aliphatic carbocycles. The van der Waals surface area contributed by atoms with Crippen molar-refractivity contribution < 1.29 is 9.90 Å². The number of thioether (sulfide) groups is 1. The molecule has 2 aromatic heterocycles. The molecule has 1 N–H and O–H groups in total. The Morgan fingerprint density at radius 2 is 2.11 bits per heavy atom. The van der Waals surface area contributed by atoms with Crippen molar-refractivity contribution in [2.24, 2.45) is 20.7 Å². The molecule has 3 rings (SSSR count). The maximum absolute atomic E-state index is 10.8. The summed E-state index contributed by atoms with van der Waals surface area (Å²) in [5, 5.41) is 26.3. The van der Waals surface area contributed by atoms with Gasteiger partial charge in [-0.2, -0.15) is 0 Å². The molecule has 96 valence electrons. The van der Waals surface area contributed by atoms with Gasteiger partial charge < -0.3 is 5.11 Å². The van der Waals surface area contributed by atoms with Crippen LogP contribution in [0.15, 0.2) is 42.8 Å². The maximum Gasteiger partial charge on any atom is 0.347 e. The largest absolute Gasteiger partial charge is 0.477 e. The van der Waals surface area contributed by atoms with Crippen LogP contribution in [-0.2, 0) is 4.99 Å². The number of rotatable bonds is 4.